The molecule has 2 rings (SSSR count). The Labute approximate surface area is 110 Å². The molecule has 2 aliphatic rings. The number of Topliss-reactive ketones (excluding diaryl/α,β-unsaturated/α-hetero) is 1. The molecule has 19 heavy (non-hydrogen) atoms. The number of carbonyl (C=O) groups is 1. The van der Waals surface area contributed by atoms with Gasteiger partial charge in [0.05, 0.1) is 0 Å². The third kappa shape index (κ3) is 3.11. The second-order valence-electron chi connectivity index (χ2n) is 6.06. The van der Waals surface area contributed by atoms with Crippen LogP contribution in [0, 0.1) is 11.8 Å². The fourth-order valence-electron chi connectivity index (χ4n) is 3.07. The first-order valence-corrected chi connectivity index (χ1v) is 6.75. The Morgan fingerprint density at radius 3 is 2.74 bits per heavy atom. The number of ketones is 1. The minimum Gasteiger partial charge on any atom is -0.379 e. The molecule has 3 unspecified atom stereocenters. The van der Waals surface area contributed by atoms with E-state index < -0.39 is 18.3 Å². The van der Waals surface area contributed by atoms with E-state index in [2.05, 4.69) is 6.92 Å². The first-order valence-electron chi connectivity index (χ1n) is 6.75. The summed E-state index contributed by atoms with van der Waals surface area (Å²) in [5, 5.41) is 9.59. The van der Waals surface area contributed by atoms with Crippen LogP contribution >= 0.6 is 0 Å². The molecule has 0 radical (unpaired) electrons. The minimum atomic E-state index is -4.59. The molecule has 1 saturated heterocycles. The normalized spacial score (nSPS) is 37.8. The van der Waals surface area contributed by atoms with Crippen LogP contribution in [0.1, 0.15) is 32.6 Å². The summed E-state index contributed by atoms with van der Waals surface area (Å²) in [4.78, 5) is 13.4. The molecule has 110 valence electrons. The molecule has 0 spiro atoms. The SMILES string of the molecule is CC1CCC(=O)C(CN2CCC(O)(C(F)(F)F)C2)C1. The Bertz CT molecular complexity index is 358. The fourth-order valence-corrected chi connectivity index (χ4v) is 3.07. The van der Waals surface area contributed by atoms with Gasteiger partial charge in [-0.1, -0.05) is 6.92 Å². The van der Waals surface area contributed by atoms with Crippen molar-refractivity contribution >= 4 is 5.78 Å². The van der Waals surface area contributed by atoms with Crippen LogP contribution in [0.2, 0.25) is 0 Å². The minimum absolute atomic E-state index is 0.153. The predicted molar refractivity (Wildman–Crippen MR) is 63.6 cm³/mol. The van der Waals surface area contributed by atoms with Crippen molar-refractivity contribution in [3.8, 4) is 0 Å². The fraction of sp³-hybridized carbons (Fsp3) is 0.923. The van der Waals surface area contributed by atoms with Gasteiger partial charge < -0.3 is 5.11 Å². The third-order valence-electron chi connectivity index (χ3n) is 4.36. The van der Waals surface area contributed by atoms with Crippen LogP contribution in [-0.4, -0.2) is 47.2 Å². The molecule has 3 nitrogen and oxygen atoms in total. The second-order valence-corrected chi connectivity index (χ2v) is 6.06. The lowest BCUT2D eigenvalue weighted by molar-refractivity contribution is -0.254. The summed E-state index contributed by atoms with van der Waals surface area (Å²) in [6.07, 6.45) is -2.73. The Morgan fingerprint density at radius 2 is 2.16 bits per heavy atom. The van der Waals surface area contributed by atoms with Crippen molar-refractivity contribution in [1.29, 1.82) is 0 Å². The van der Waals surface area contributed by atoms with E-state index >= 15 is 0 Å². The van der Waals surface area contributed by atoms with Gasteiger partial charge in [0.1, 0.15) is 5.78 Å². The molecule has 0 aromatic rings. The summed E-state index contributed by atoms with van der Waals surface area (Å²) in [6, 6.07) is 0. The number of β-amino-alcohol motifs (C(OH)–C–C–N with tert-alkyl or cyclic N) is 1. The van der Waals surface area contributed by atoms with Crippen molar-refractivity contribution in [2.45, 2.75) is 44.4 Å². The monoisotopic (exact) mass is 279 g/mol. The van der Waals surface area contributed by atoms with Crippen molar-refractivity contribution in [1.82, 2.24) is 4.90 Å². The van der Waals surface area contributed by atoms with Crippen LogP contribution in [-0.2, 0) is 4.79 Å². The number of rotatable bonds is 2. The van der Waals surface area contributed by atoms with Crippen molar-refractivity contribution in [2.75, 3.05) is 19.6 Å². The highest BCUT2D eigenvalue weighted by Crippen LogP contribution is 2.38. The lowest BCUT2D eigenvalue weighted by Crippen LogP contribution is -2.48. The molecule has 1 aliphatic carbocycles. The number of likely N-dealkylation sites (tertiary alicyclic amines) is 1. The van der Waals surface area contributed by atoms with Gasteiger partial charge in [-0.05, 0) is 25.2 Å². The molecular weight excluding hydrogens is 259 g/mol. The van der Waals surface area contributed by atoms with Crippen LogP contribution in [0.3, 0.4) is 0 Å². The van der Waals surface area contributed by atoms with E-state index in [1.165, 1.54) is 0 Å². The van der Waals surface area contributed by atoms with Gasteiger partial charge in [0.15, 0.2) is 5.60 Å². The molecule has 2 fully saturated rings. The zero-order valence-corrected chi connectivity index (χ0v) is 11.0. The molecule has 1 heterocycles. The second kappa shape index (κ2) is 5.05. The molecule has 0 amide bonds. The molecular formula is C13H20F3NO2. The summed E-state index contributed by atoms with van der Waals surface area (Å²) >= 11 is 0. The molecule has 3 atom stereocenters. The summed E-state index contributed by atoms with van der Waals surface area (Å²) in [7, 11) is 0. The van der Waals surface area contributed by atoms with Crippen LogP contribution < -0.4 is 0 Å². The van der Waals surface area contributed by atoms with Crippen molar-refractivity contribution < 1.29 is 23.1 Å². The van der Waals surface area contributed by atoms with E-state index in [1.54, 1.807) is 4.90 Å². The summed E-state index contributed by atoms with van der Waals surface area (Å²) in [5.41, 5.74) is -2.60. The summed E-state index contributed by atoms with van der Waals surface area (Å²) in [6.45, 7) is 2.21. The first kappa shape index (κ1) is 14.8. The number of hydrogen-bond donors (Lipinski definition) is 1. The highest BCUT2D eigenvalue weighted by atomic mass is 19.4. The maximum Gasteiger partial charge on any atom is 0.418 e. The van der Waals surface area contributed by atoms with Crippen LogP contribution in [0.4, 0.5) is 13.2 Å². The Kier molecular flexibility index (Phi) is 3.93. The van der Waals surface area contributed by atoms with Crippen LogP contribution in [0.5, 0.6) is 0 Å². The number of alkyl halides is 3. The first-order chi connectivity index (χ1) is 8.71. The van der Waals surface area contributed by atoms with E-state index in [9.17, 15) is 23.1 Å². The molecule has 1 aliphatic heterocycles. The summed E-state index contributed by atoms with van der Waals surface area (Å²) < 4.78 is 38.1. The number of halogens is 3. The predicted octanol–water partition coefficient (Wildman–Crippen LogP) is 1.99. The number of aliphatic hydroxyl groups is 1. The van der Waals surface area contributed by atoms with Crippen LogP contribution in [0.15, 0.2) is 0 Å². The van der Waals surface area contributed by atoms with Gasteiger partial charge in [0, 0.05) is 32.0 Å². The van der Waals surface area contributed by atoms with Gasteiger partial charge in [0.2, 0.25) is 0 Å². The lowest BCUT2D eigenvalue weighted by atomic mass is 9.81. The Hall–Kier alpha value is -0.620. The molecule has 1 N–H and O–H groups in total. The van der Waals surface area contributed by atoms with Gasteiger partial charge in [-0.2, -0.15) is 13.2 Å². The highest BCUT2D eigenvalue weighted by molar-refractivity contribution is 5.81. The van der Waals surface area contributed by atoms with Crippen molar-refractivity contribution in [3.63, 3.8) is 0 Å². The van der Waals surface area contributed by atoms with Gasteiger partial charge in [-0.3, -0.25) is 9.69 Å². The number of carbonyl (C=O) groups excluding carboxylic acids is 1. The van der Waals surface area contributed by atoms with E-state index in [4.69, 9.17) is 0 Å². The zero-order chi connectivity index (χ0) is 14.3. The number of hydrogen-bond acceptors (Lipinski definition) is 3. The molecule has 1 saturated carbocycles. The highest BCUT2D eigenvalue weighted by Gasteiger charge is 2.57. The maximum atomic E-state index is 12.7. The summed E-state index contributed by atoms with van der Waals surface area (Å²) in [5.74, 6) is 0.437. The van der Waals surface area contributed by atoms with Crippen molar-refractivity contribution in [3.05, 3.63) is 0 Å². The van der Waals surface area contributed by atoms with Crippen molar-refractivity contribution in [2.24, 2.45) is 11.8 Å². The van der Waals surface area contributed by atoms with Gasteiger partial charge in [-0.15, -0.1) is 0 Å². The van der Waals surface area contributed by atoms with E-state index in [1.807, 2.05) is 0 Å². The van der Waals surface area contributed by atoms with Gasteiger partial charge in [-0.25, -0.2) is 0 Å². The van der Waals surface area contributed by atoms with Gasteiger partial charge in [0.25, 0.3) is 0 Å². The average Bonchev–Trinajstić information content (AvgIpc) is 2.66. The van der Waals surface area contributed by atoms with Crippen LogP contribution in [0.25, 0.3) is 0 Å². The Balaban J connectivity index is 1.93. The largest absolute Gasteiger partial charge is 0.418 e. The quantitative estimate of drug-likeness (QED) is 0.840. The number of nitrogens with zero attached hydrogens (tertiary/aromatic N) is 1. The molecule has 0 aromatic heterocycles. The maximum absolute atomic E-state index is 12.7. The Morgan fingerprint density at radius 1 is 1.47 bits per heavy atom. The molecule has 0 bridgehead atoms. The van der Waals surface area contributed by atoms with Gasteiger partial charge >= 0.3 is 6.18 Å². The zero-order valence-electron chi connectivity index (χ0n) is 11.0. The smallest absolute Gasteiger partial charge is 0.379 e. The lowest BCUT2D eigenvalue weighted by Gasteiger charge is -2.30. The average molecular weight is 279 g/mol. The van der Waals surface area contributed by atoms with E-state index in [0.29, 0.717) is 18.9 Å². The third-order valence-corrected chi connectivity index (χ3v) is 4.36. The van der Waals surface area contributed by atoms with E-state index in [-0.39, 0.29) is 24.7 Å². The van der Waals surface area contributed by atoms with E-state index in [0.717, 1.165) is 12.8 Å². The topological polar surface area (TPSA) is 40.5 Å². The standard InChI is InChI=1S/C13H20F3NO2/c1-9-2-3-11(18)10(6-9)7-17-5-4-12(19,8-17)13(14,15)16/h9-10,19H,2-8H2,1H3. The molecule has 6 heteroatoms. The molecule has 0 aromatic carbocycles.